The minimum Gasteiger partial charge on any atom is -0.342 e. The number of piperidine rings is 1. The summed E-state index contributed by atoms with van der Waals surface area (Å²) in [7, 11) is 0. The Labute approximate surface area is 199 Å². The zero-order chi connectivity index (χ0) is 24.7. The fourth-order valence-corrected chi connectivity index (χ4v) is 4.88. The Hall–Kier alpha value is -3.70. The van der Waals surface area contributed by atoms with Crippen molar-refractivity contribution in [3.8, 4) is 5.69 Å². The van der Waals surface area contributed by atoms with Gasteiger partial charge in [0, 0.05) is 24.9 Å². The van der Waals surface area contributed by atoms with Crippen LogP contribution in [-0.2, 0) is 16.1 Å². The SMILES string of the molecule is O=C1CCC(N2Cc3cc(-n4cc(C(=O)NC5CCCCCC5(F)F)nn4)ccc3C2=O)C(=O)N1. The van der Waals surface area contributed by atoms with Crippen molar-refractivity contribution in [2.75, 3.05) is 0 Å². The number of carbonyl (C=O) groups is 4. The van der Waals surface area contributed by atoms with Crippen LogP contribution in [0.1, 0.15) is 71.4 Å². The van der Waals surface area contributed by atoms with Crippen LogP contribution >= 0.6 is 0 Å². The third-order valence-corrected chi connectivity index (χ3v) is 6.82. The molecule has 2 aromatic rings. The Balaban J connectivity index is 1.30. The number of nitrogens with zero attached hydrogens (tertiary/aromatic N) is 4. The van der Waals surface area contributed by atoms with Crippen LogP contribution in [0.15, 0.2) is 24.4 Å². The molecule has 1 saturated carbocycles. The topological polar surface area (TPSA) is 126 Å². The number of alkyl halides is 2. The molecule has 184 valence electrons. The second-order valence-corrected chi connectivity index (χ2v) is 9.18. The predicted molar refractivity (Wildman–Crippen MR) is 117 cm³/mol. The first-order valence-electron chi connectivity index (χ1n) is 11.6. The third-order valence-electron chi connectivity index (χ3n) is 6.82. The zero-order valence-electron chi connectivity index (χ0n) is 18.8. The van der Waals surface area contributed by atoms with Crippen molar-refractivity contribution in [3.05, 3.63) is 41.2 Å². The van der Waals surface area contributed by atoms with Gasteiger partial charge in [0.05, 0.1) is 17.9 Å². The van der Waals surface area contributed by atoms with Crippen LogP contribution in [0.3, 0.4) is 0 Å². The molecule has 4 amide bonds. The minimum atomic E-state index is -2.97. The van der Waals surface area contributed by atoms with E-state index >= 15 is 0 Å². The van der Waals surface area contributed by atoms with Crippen LogP contribution in [0.4, 0.5) is 8.78 Å². The molecule has 0 radical (unpaired) electrons. The number of amides is 4. The van der Waals surface area contributed by atoms with Gasteiger partial charge in [0.25, 0.3) is 17.7 Å². The summed E-state index contributed by atoms with van der Waals surface area (Å²) in [5.74, 6) is -4.84. The van der Waals surface area contributed by atoms with Crippen molar-refractivity contribution in [2.24, 2.45) is 0 Å². The lowest BCUT2D eigenvalue weighted by molar-refractivity contribution is -0.136. The molecule has 3 heterocycles. The summed E-state index contributed by atoms with van der Waals surface area (Å²) in [6.45, 7) is 0.188. The van der Waals surface area contributed by atoms with E-state index in [0.29, 0.717) is 36.1 Å². The number of nitrogens with one attached hydrogen (secondary N) is 2. The van der Waals surface area contributed by atoms with Crippen LogP contribution < -0.4 is 10.6 Å². The van der Waals surface area contributed by atoms with Gasteiger partial charge in [-0.15, -0.1) is 5.10 Å². The summed E-state index contributed by atoms with van der Waals surface area (Å²) in [4.78, 5) is 50.5. The first-order valence-corrected chi connectivity index (χ1v) is 11.6. The number of rotatable bonds is 4. The van der Waals surface area contributed by atoms with Crippen LogP contribution in [0.25, 0.3) is 5.69 Å². The maximum Gasteiger partial charge on any atom is 0.273 e. The van der Waals surface area contributed by atoms with Gasteiger partial charge in [0.2, 0.25) is 11.8 Å². The molecule has 1 saturated heterocycles. The van der Waals surface area contributed by atoms with Crippen molar-refractivity contribution in [2.45, 2.75) is 69.5 Å². The highest BCUT2D eigenvalue weighted by Gasteiger charge is 2.41. The first-order chi connectivity index (χ1) is 16.7. The molecule has 10 nitrogen and oxygen atoms in total. The van der Waals surface area contributed by atoms with Crippen molar-refractivity contribution in [1.82, 2.24) is 30.5 Å². The lowest BCUT2D eigenvalue weighted by Gasteiger charge is -2.29. The molecule has 2 fully saturated rings. The number of fused-ring (bicyclic) bond motifs is 1. The van der Waals surface area contributed by atoms with Crippen LogP contribution in [0, 0.1) is 0 Å². The number of halogens is 2. The van der Waals surface area contributed by atoms with Crippen molar-refractivity contribution < 1.29 is 28.0 Å². The average molecular weight is 486 g/mol. The van der Waals surface area contributed by atoms with Crippen molar-refractivity contribution in [3.63, 3.8) is 0 Å². The van der Waals surface area contributed by atoms with E-state index < -0.39 is 29.8 Å². The molecule has 1 aliphatic carbocycles. The number of imide groups is 1. The van der Waals surface area contributed by atoms with E-state index in [-0.39, 0.29) is 49.7 Å². The van der Waals surface area contributed by atoms with Gasteiger partial charge in [-0.05, 0) is 43.0 Å². The predicted octanol–water partition coefficient (Wildman–Crippen LogP) is 1.73. The zero-order valence-corrected chi connectivity index (χ0v) is 18.8. The molecular formula is C23H24F2N6O4. The summed E-state index contributed by atoms with van der Waals surface area (Å²) < 4.78 is 30.0. The lowest BCUT2D eigenvalue weighted by Crippen LogP contribution is -2.52. The number of hydrogen-bond donors (Lipinski definition) is 2. The van der Waals surface area contributed by atoms with Crippen LogP contribution in [0.5, 0.6) is 0 Å². The van der Waals surface area contributed by atoms with Gasteiger partial charge in [-0.25, -0.2) is 13.5 Å². The van der Waals surface area contributed by atoms with E-state index in [9.17, 15) is 28.0 Å². The van der Waals surface area contributed by atoms with Gasteiger partial charge in [0.15, 0.2) is 5.69 Å². The Bertz CT molecular complexity index is 1210. The first kappa shape index (κ1) is 23.1. The maximum atomic E-state index is 14.3. The molecule has 2 aliphatic heterocycles. The molecule has 0 bridgehead atoms. The summed E-state index contributed by atoms with van der Waals surface area (Å²) in [6.07, 6.45) is 3.48. The van der Waals surface area contributed by atoms with Crippen LogP contribution in [-0.4, -0.2) is 61.5 Å². The molecule has 12 heteroatoms. The standard InChI is InChI=1S/C23H24F2N6O4/c24-23(25)9-3-1-2-4-18(23)26-20(33)16-12-31(29-28-16)14-5-6-15-13(10-14)11-30(22(15)35)17-7-8-19(32)27-21(17)34/h5-6,10,12,17-18H,1-4,7-9,11H2,(H,26,33)(H,27,32,34). The van der Waals surface area contributed by atoms with E-state index in [0.717, 1.165) is 0 Å². The number of aromatic nitrogens is 3. The number of carbonyl (C=O) groups excluding carboxylic acids is 4. The second-order valence-electron chi connectivity index (χ2n) is 9.18. The number of benzene rings is 1. The Morgan fingerprint density at radius 2 is 1.97 bits per heavy atom. The highest BCUT2D eigenvalue weighted by molar-refractivity contribution is 6.05. The number of hydrogen-bond acceptors (Lipinski definition) is 6. The highest BCUT2D eigenvalue weighted by Crippen LogP contribution is 2.32. The molecule has 2 N–H and O–H groups in total. The lowest BCUT2D eigenvalue weighted by atomic mass is 10.0. The molecule has 35 heavy (non-hydrogen) atoms. The molecule has 2 atom stereocenters. The van der Waals surface area contributed by atoms with Gasteiger partial charge in [-0.3, -0.25) is 24.5 Å². The van der Waals surface area contributed by atoms with E-state index in [1.165, 1.54) is 15.8 Å². The summed E-state index contributed by atoms with van der Waals surface area (Å²) in [5, 5.41) is 12.5. The monoisotopic (exact) mass is 486 g/mol. The molecule has 0 spiro atoms. The van der Waals surface area contributed by atoms with Crippen molar-refractivity contribution >= 4 is 23.6 Å². The van der Waals surface area contributed by atoms with Gasteiger partial charge in [0.1, 0.15) is 6.04 Å². The smallest absolute Gasteiger partial charge is 0.273 e. The molecular weight excluding hydrogens is 462 g/mol. The summed E-state index contributed by atoms with van der Waals surface area (Å²) >= 11 is 0. The van der Waals surface area contributed by atoms with Gasteiger partial charge < -0.3 is 10.2 Å². The third kappa shape index (κ3) is 4.40. The fourth-order valence-electron chi connectivity index (χ4n) is 4.88. The summed E-state index contributed by atoms with van der Waals surface area (Å²) in [5.41, 5.74) is 1.53. The quantitative estimate of drug-likeness (QED) is 0.501. The van der Waals surface area contributed by atoms with Gasteiger partial charge in [-0.1, -0.05) is 18.1 Å². The fraction of sp³-hybridized carbons (Fsp3) is 0.478. The van der Waals surface area contributed by atoms with E-state index in [1.54, 1.807) is 18.2 Å². The Kier molecular flexibility index (Phi) is 5.81. The molecule has 5 rings (SSSR count). The molecule has 2 unspecified atom stereocenters. The van der Waals surface area contributed by atoms with E-state index in [2.05, 4.69) is 20.9 Å². The molecule has 1 aromatic carbocycles. The Morgan fingerprint density at radius 3 is 2.77 bits per heavy atom. The van der Waals surface area contributed by atoms with E-state index in [4.69, 9.17) is 0 Å². The minimum absolute atomic E-state index is 0.0909. The molecule has 1 aromatic heterocycles. The molecule has 3 aliphatic rings. The van der Waals surface area contributed by atoms with E-state index in [1.807, 2.05) is 0 Å². The van der Waals surface area contributed by atoms with Gasteiger partial charge >= 0.3 is 0 Å². The van der Waals surface area contributed by atoms with Crippen molar-refractivity contribution in [1.29, 1.82) is 0 Å². The summed E-state index contributed by atoms with van der Waals surface area (Å²) in [6, 6.07) is 2.97. The maximum absolute atomic E-state index is 14.3. The largest absolute Gasteiger partial charge is 0.342 e. The average Bonchev–Trinajstić information content (AvgIpc) is 3.39. The van der Waals surface area contributed by atoms with Crippen LogP contribution in [0.2, 0.25) is 0 Å². The normalized spacial score (nSPS) is 24.1. The van der Waals surface area contributed by atoms with Gasteiger partial charge in [-0.2, -0.15) is 0 Å². The second kappa shape index (κ2) is 8.82. The highest BCUT2D eigenvalue weighted by atomic mass is 19.3. The Morgan fingerprint density at radius 1 is 1.14 bits per heavy atom.